The van der Waals surface area contributed by atoms with Crippen LogP contribution in [0.4, 0.5) is 4.39 Å². The van der Waals surface area contributed by atoms with E-state index in [1.807, 2.05) is 19.1 Å². The van der Waals surface area contributed by atoms with Gasteiger partial charge in [0.25, 0.3) is 0 Å². The van der Waals surface area contributed by atoms with Gasteiger partial charge in [0.05, 0.1) is 11.6 Å². The van der Waals surface area contributed by atoms with E-state index in [-0.39, 0.29) is 5.82 Å². The molecule has 0 aliphatic carbocycles. The van der Waals surface area contributed by atoms with E-state index in [2.05, 4.69) is 6.07 Å². The van der Waals surface area contributed by atoms with Crippen LogP contribution in [0.2, 0.25) is 0 Å². The highest BCUT2D eigenvalue weighted by Gasteiger charge is 2.08. The molecule has 2 rings (SSSR count). The molecule has 0 atom stereocenters. The summed E-state index contributed by atoms with van der Waals surface area (Å²) in [6.45, 7) is 1.92. The second kappa shape index (κ2) is 4.16. The maximum absolute atomic E-state index is 13.6. The average molecular weight is 211 g/mol. The standard InChI is InChI=1S/C14H10FN/c1-10-6-7-11(9-16)13(8-10)12-4-2-3-5-14(12)15/h2-8H,1H3. The lowest BCUT2D eigenvalue weighted by Gasteiger charge is -2.06. The zero-order valence-electron chi connectivity index (χ0n) is 8.87. The van der Waals surface area contributed by atoms with E-state index < -0.39 is 0 Å². The molecule has 78 valence electrons. The molecule has 0 aromatic heterocycles. The molecule has 0 spiro atoms. The normalized spacial score (nSPS) is 9.81. The van der Waals surface area contributed by atoms with Gasteiger partial charge in [-0.3, -0.25) is 0 Å². The summed E-state index contributed by atoms with van der Waals surface area (Å²) in [7, 11) is 0. The van der Waals surface area contributed by atoms with Crippen molar-refractivity contribution in [3.63, 3.8) is 0 Å². The highest BCUT2D eigenvalue weighted by molar-refractivity contribution is 5.71. The van der Waals surface area contributed by atoms with Crippen molar-refractivity contribution >= 4 is 0 Å². The highest BCUT2D eigenvalue weighted by Crippen LogP contribution is 2.26. The van der Waals surface area contributed by atoms with Crippen molar-refractivity contribution in [3.05, 3.63) is 59.4 Å². The first kappa shape index (κ1) is 10.4. The van der Waals surface area contributed by atoms with Crippen LogP contribution in [0.15, 0.2) is 42.5 Å². The maximum Gasteiger partial charge on any atom is 0.131 e. The summed E-state index contributed by atoms with van der Waals surface area (Å²) in [6.07, 6.45) is 0. The number of rotatable bonds is 1. The first-order chi connectivity index (χ1) is 7.72. The summed E-state index contributed by atoms with van der Waals surface area (Å²) in [5, 5.41) is 8.99. The Labute approximate surface area is 93.8 Å². The molecule has 0 fully saturated rings. The van der Waals surface area contributed by atoms with Crippen LogP contribution in [-0.2, 0) is 0 Å². The number of hydrogen-bond donors (Lipinski definition) is 0. The lowest BCUT2D eigenvalue weighted by Crippen LogP contribution is -1.89. The number of hydrogen-bond acceptors (Lipinski definition) is 1. The van der Waals surface area contributed by atoms with E-state index >= 15 is 0 Å². The molecule has 0 aliphatic heterocycles. The summed E-state index contributed by atoms with van der Waals surface area (Å²) in [5.41, 5.74) is 2.64. The Morgan fingerprint density at radius 1 is 1.06 bits per heavy atom. The van der Waals surface area contributed by atoms with Gasteiger partial charge in [-0.15, -0.1) is 0 Å². The molecule has 0 aliphatic rings. The van der Waals surface area contributed by atoms with E-state index in [9.17, 15) is 4.39 Å². The SMILES string of the molecule is Cc1ccc(C#N)c(-c2ccccc2F)c1. The number of nitriles is 1. The topological polar surface area (TPSA) is 23.8 Å². The van der Waals surface area contributed by atoms with Crippen molar-refractivity contribution in [2.24, 2.45) is 0 Å². The third-order valence-corrected chi connectivity index (χ3v) is 2.46. The minimum atomic E-state index is -0.301. The van der Waals surface area contributed by atoms with Crippen LogP contribution in [-0.4, -0.2) is 0 Å². The van der Waals surface area contributed by atoms with Crippen LogP contribution in [0.25, 0.3) is 11.1 Å². The number of aryl methyl sites for hydroxylation is 1. The van der Waals surface area contributed by atoms with Crippen molar-refractivity contribution in [1.29, 1.82) is 5.26 Å². The van der Waals surface area contributed by atoms with E-state index in [1.165, 1.54) is 6.07 Å². The predicted octanol–water partition coefficient (Wildman–Crippen LogP) is 3.67. The van der Waals surface area contributed by atoms with Gasteiger partial charge in [-0.2, -0.15) is 5.26 Å². The quantitative estimate of drug-likeness (QED) is 0.706. The molecular formula is C14H10FN. The van der Waals surface area contributed by atoms with Crippen LogP contribution < -0.4 is 0 Å². The number of halogens is 1. The van der Waals surface area contributed by atoms with Crippen molar-refractivity contribution in [2.45, 2.75) is 6.92 Å². The van der Waals surface area contributed by atoms with Gasteiger partial charge in [0.15, 0.2) is 0 Å². The zero-order chi connectivity index (χ0) is 11.5. The van der Waals surface area contributed by atoms with E-state index in [0.717, 1.165) is 5.56 Å². The van der Waals surface area contributed by atoms with Crippen LogP contribution in [0.3, 0.4) is 0 Å². The first-order valence-corrected chi connectivity index (χ1v) is 4.98. The Morgan fingerprint density at radius 3 is 2.50 bits per heavy atom. The van der Waals surface area contributed by atoms with Crippen LogP contribution >= 0.6 is 0 Å². The monoisotopic (exact) mass is 211 g/mol. The van der Waals surface area contributed by atoms with Gasteiger partial charge >= 0.3 is 0 Å². The van der Waals surface area contributed by atoms with Crippen molar-refractivity contribution < 1.29 is 4.39 Å². The van der Waals surface area contributed by atoms with Gasteiger partial charge in [-0.05, 0) is 19.1 Å². The molecule has 0 N–H and O–H groups in total. The zero-order valence-corrected chi connectivity index (χ0v) is 8.87. The lowest BCUT2D eigenvalue weighted by atomic mass is 9.98. The van der Waals surface area contributed by atoms with Crippen LogP contribution in [0, 0.1) is 24.1 Å². The van der Waals surface area contributed by atoms with E-state index in [1.54, 1.807) is 24.3 Å². The van der Waals surface area contributed by atoms with Crippen molar-refractivity contribution in [2.75, 3.05) is 0 Å². The lowest BCUT2D eigenvalue weighted by molar-refractivity contribution is 0.631. The molecule has 0 saturated carbocycles. The fourth-order valence-electron chi connectivity index (χ4n) is 1.66. The third-order valence-electron chi connectivity index (χ3n) is 2.46. The molecule has 0 amide bonds. The Hall–Kier alpha value is -2.14. The van der Waals surface area contributed by atoms with Crippen LogP contribution in [0.5, 0.6) is 0 Å². The minimum Gasteiger partial charge on any atom is -0.206 e. The van der Waals surface area contributed by atoms with Gasteiger partial charge in [0, 0.05) is 11.1 Å². The summed E-state index contributed by atoms with van der Waals surface area (Å²) < 4.78 is 13.6. The molecule has 0 unspecified atom stereocenters. The molecule has 0 bridgehead atoms. The summed E-state index contributed by atoms with van der Waals surface area (Å²) in [4.78, 5) is 0. The molecule has 2 aromatic carbocycles. The molecule has 0 radical (unpaired) electrons. The molecule has 0 saturated heterocycles. The predicted molar refractivity (Wildman–Crippen MR) is 61.3 cm³/mol. The largest absolute Gasteiger partial charge is 0.206 e. The summed E-state index contributed by atoms with van der Waals surface area (Å²) in [5.74, 6) is -0.301. The van der Waals surface area contributed by atoms with Gasteiger partial charge < -0.3 is 0 Å². The summed E-state index contributed by atoms with van der Waals surface area (Å²) in [6, 6.07) is 14.0. The smallest absolute Gasteiger partial charge is 0.131 e. The average Bonchev–Trinajstić information content (AvgIpc) is 2.29. The molecule has 2 aromatic rings. The van der Waals surface area contributed by atoms with Gasteiger partial charge in [-0.25, -0.2) is 4.39 Å². The van der Waals surface area contributed by atoms with Gasteiger partial charge in [0.2, 0.25) is 0 Å². The minimum absolute atomic E-state index is 0.301. The molecular weight excluding hydrogens is 201 g/mol. The van der Waals surface area contributed by atoms with Crippen LogP contribution in [0.1, 0.15) is 11.1 Å². The van der Waals surface area contributed by atoms with Gasteiger partial charge in [-0.1, -0.05) is 35.9 Å². The maximum atomic E-state index is 13.6. The molecule has 2 heteroatoms. The second-order valence-electron chi connectivity index (χ2n) is 3.64. The Kier molecular flexibility index (Phi) is 2.70. The molecule has 1 nitrogen and oxygen atoms in total. The molecule has 16 heavy (non-hydrogen) atoms. The Morgan fingerprint density at radius 2 is 1.81 bits per heavy atom. The van der Waals surface area contributed by atoms with Crippen molar-refractivity contribution in [3.8, 4) is 17.2 Å². The van der Waals surface area contributed by atoms with E-state index in [4.69, 9.17) is 5.26 Å². The van der Waals surface area contributed by atoms with E-state index in [0.29, 0.717) is 16.7 Å². The second-order valence-corrected chi connectivity index (χ2v) is 3.64. The third kappa shape index (κ3) is 1.80. The highest BCUT2D eigenvalue weighted by atomic mass is 19.1. The van der Waals surface area contributed by atoms with Gasteiger partial charge in [0.1, 0.15) is 5.82 Å². The number of benzene rings is 2. The van der Waals surface area contributed by atoms with Crippen molar-refractivity contribution in [1.82, 2.24) is 0 Å². The summed E-state index contributed by atoms with van der Waals surface area (Å²) >= 11 is 0. The fourth-order valence-corrected chi connectivity index (χ4v) is 1.66. The first-order valence-electron chi connectivity index (χ1n) is 4.98. The fraction of sp³-hybridized carbons (Fsp3) is 0.0714. The molecule has 0 heterocycles. The Bertz CT molecular complexity index is 567. The number of nitrogens with zero attached hydrogens (tertiary/aromatic N) is 1. The Balaban J connectivity index is 2.69.